The van der Waals surface area contributed by atoms with Crippen molar-refractivity contribution < 1.29 is 14.9 Å². The predicted octanol–water partition coefficient (Wildman–Crippen LogP) is 0.793. The molecule has 0 heterocycles. The number of hydrogen-bond acceptors (Lipinski definition) is 3. The van der Waals surface area contributed by atoms with E-state index < -0.39 is 0 Å². The average Bonchev–Trinajstić information content (AvgIpc) is 3.18. The molecular formula is C13H16O3. The maximum Gasteiger partial charge on any atom is 0.118 e. The molecule has 1 aromatic rings. The van der Waals surface area contributed by atoms with Crippen LogP contribution in [0, 0.1) is 17.8 Å². The molecule has 0 radical (unpaired) electrons. The highest BCUT2D eigenvalue weighted by Gasteiger charge is 2.85. The molecule has 3 nitrogen and oxygen atoms in total. The molecule has 0 spiro atoms. The topological polar surface area (TPSA) is 49.7 Å². The third-order valence-electron chi connectivity index (χ3n) is 4.41. The van der Waals surface area contributed by atoms with Gasteiger partial charge in [-0.2, -0.15) is 0 Å². The third-order valence-corrected chi connectivity index (χ3v) is 4.41. The fourth-order valence-electron chi connectivity index (χ4n) is 3.49. The molecule has 2 N–H and O–H groups in total. The van der Waals surface area contributed by atoms with Gasteiger partial charge in [0.15, 0.2) is 0 Å². The molecule has 3 heteroatoms. The number of methoxy groups -OCH3 is 1. The molecule has 3 rings (SSSR count). The second kappa shape index (κ2) is 3.22. The molecule has 2 saturated carbocycles. The van der Waals surface area contributed by atoms with Crippen molar-refractivity contribution in [2.24, 2.45) is 17.8 Å². The Morgan fingerprint density at radius 2 is 1.69 bits per heavy atom. The van der Waals surface area contributed by atoms with Crippen molar-refractivity contribution in [3.05, 3.63) is 29.8 Å². The molecule has 1 aromatic carbocycles. The van der Waals surface area contributed by atoms with Gasteiger partial charge in [0.05, 0.1) is 7.11 Å². The van der Waals surface area contributed by atoms with Crippen molar-refractivity contribution in [2.75, 3.05) is 20.3 Å². The van der Waals surface area contributed by atoms with Crippen molar-refractivity contribution in [1.82, 2.24) is 0 Å². The second-order valence-electron chi connectivity index (χ2n) is 4.77. The summed E-state index contributed by atoms with van der Waals surface area (Å²) in [6.45, 7) is 0.459. The first kappa shape index (κ1) is 10.1. The number of ether oxygens (including phenoxy) is 1. The molecule has 86 valence electrons. The fraction of sp³-hybridized carbons (Fsp3) is 0.538. The first-order chi connectivity index (χ1) is 7.80. The van der Waals surface area contributed by atoms with Crippen LogP contribution < -0.4 is 4.74 Å². The summed E-state index contributed by atoms with van der Waals surface area (Å²) in [4.78, 5) is 0. The zero-order chi connectivity index (χ0) is 11.3. The molecule has 16 heavy (non-hydrogen) atoms. The summed E-state index contributed by atoms with van der Waals surface area (Å²) in [7, 11) is 1.65. The number of benzene rings is 1. The fourth-order valence-corrected chi connectivity index (χ4v) is 3.49. The van der Waals surface area contributed by atoms with Gasteiger partial charge in [0.1, 0.15) is 5.75 Å². The predicted molar refractivity (Wildman–Crippen MR) is 59.3 cm³/mol. The smallest absolute Gasteiger partial charge is 0.118 e. The van der Waals surface area contributed by atoms with Crippen LogP contribution in [0.1, 0.15) is 5.56 Å². The number of hydrogen-bond donors (Lipinski definition) is 2. The van der Waals surface area contributed by atoms with Crippen LogP contribution >= 0.6 is 0 Å². The highest BCUT2D eigenvalue weighted by atomic mass is 16.5. The van der Waals surface area contributed by atoms with E-state index in [-0.39, 0.29) is 18.6 Å². The van der Waals surface area contributed by atoms with Crippen LogP contribution in [0.15, 0.2) is 24.3 Å². The Morgan fingerprint density at radius 3 is 2.12 bits per heavy atom. The summed E-state index contributed by atoms with van der Waals surface area (Å²) in [6, 6.07) is 8.00. The standard InChI is InChI=1S/C13H16O3/c1-16-9-4-2-8(3-5-9)13-10(6-14)12(13)11(13)7-15/h2-5,10-12,14-15H,6-7H2,1H3/t10-,11?,12?,13?/m1/s1. The van der Waals surface area contributed by atoms with Crippen molar-refractivity contribution in [3.63, 3.8) is 0 Å². The lowest BCUT2D eigenvalue weighted by molar-refractivity contribution is 0.181. The monoisotopic (exact) mass is 220 g/mol. The van der Waals surface area contributed by atoms with E-state index in [2.05, 4.69) is 12.1 Å². The maximum absolute atomic E-state index is 9.24. The lowest BCUT2D eigenvalue weighted by Crippen LogP contribution is -2.18. The van der Waals surface area contributed by atoms with Gasteiger partial charge in [-0.05, 0) is 35.4 Å². The van der Waals surface area contributed by atoms with E-state index in [9.17, 15) is 10.2 Å². The molecule has 0 aliphatic heterocycles. The van der Waals surface area contributed by atoms with Gasteiger partial charge in [0.25, 0.3) is 0 Å². The first-order valence-corrected chi connectivity index (χ1v) is 5.67. The molecule has 2 aliphatic carbocycles. The lowest BCUT2D eigenvalue weighted by Gasteiger charge is -2.16. The zero-order valence-corrected chi connectivity index (χ0v) is 9.26. The van der Waals surface area contributed by atoms with Crippen molar-refractivity contribution in [3.8, 4) is 5.75 Å². The summed E-state index contributed by atoms with van der Waals surface area (Å²) in [6.07, 6.45) is 0. The van der Waals surface area contributed by atoms with Gasteiger partial charge in [-0.3, -0.25) is 0 Å². The average molecular weight is 220 g/mol. The largest absolute Gasteiger partial charge is 0.497 e. The summed E-state index contributed by atoms with van der Waals surface area (Å²) < 4.78 is 5.12. The Balaban J connectivity index is 1.87. The van der Waals surface area contributed by atoms with E-state index in [0.717, 1.165) is 5.75 Å². The maximum atomic E-state index is 9.24. The van der Waals surface area contributed by atoms with E-state index in [4.69, 9.17) is 4.74 Å². The molecule has 3 unspecified atom stereocenters. The van der Waals surface area contributed by atoms with Crippen LogP contribution in [0.2, 0.25) is 0 Å². The molecular weight excluding hydrogens is 204 g/mol. The van der Waals surface area contributed by atoms with Crippen LogP contribution in [-0.4, -0.2) is 30.5 Å². The van der Waals surface area contributed by atoms with Crippen LogP contribution in [-0.2, 0) is 5.41 Å². The Labute approximate surface area is 94.7 Å². The van der Waals surface area contributed by atoms with Gasteiger partial charge in [0, 0.05) is 18.6 Å². The Hall–Kier alpha value is -1.06. The summed E-state index contributed by atoms with van der Waals surface area (Å²) in [5.74, 6) is 2.06. The quantitative estimate of drug-likeness (QED) is 0.789. The van der Waals surface area contributed by atoms with Crippen LogP contribution in [0.4, 0.5) is 0 Å². The summed E-state index contributed by atoms with van der Waals surface area (Å²) in [5, 5.41) is 18.5. The Bertz CT molecular complexity index is 386. The Kier molecular flexibility index (Phi) is 2.03. The van der Waals surface area contributed by atoms with E-state index in [1.807, 2.05) is 12.1 Å². The SMILES string of the molecule is COc1ccc(C23C(CO)C2[C@H]3CO)cc1. The van der Waals surface area contributed by atoms with Crippen LogP contribution in [0.25, 0.3) is 0 Å². The summed E-state index contributed by atoms with van der Waals surface area (Å²) >= 11 is 0. The molecule has 4 atom stereocenters. The van der Waals surface area contributed by atoms with Crippen LogP contribution in [0.5, 0.6) is 5.75 Å². The zero-order valence-electron chi connectivity index (χ0n) is 9.26. The van der Waals surface area contributed by atoms with Gasteiger partial charge in [-0.15, -0.1) is 0 Å². The van der Waals surface area contributed by atoms with E-state index >= 15 is 0 Å². The molecule has 2 aliphatic rings. The molecule has 0 amide bonds. The number of aliphatic hydroxyl groups excluding tert-OH is 2. The van der Waals surface area contributed by atoms with Gasteiger partial charge in [-0.1, -0.05) is 12.1 Å². The normalized spacial score (nSPS) is 39.1. The van der Waals surface area contributed by atoms with Crippen molar-refractivity contribution in [2.45, 2.75) is 5.41 Å². The van der Waals surface area contributed by atoms with Gasteiger partial charge < -0.3 is 14.9 Å². The van der Waals surface area contributed by atoms with E-state index in [1.165, 1.54) is 5.56 Å². The minimum Gasteiger partial charge on any atom is -0.497 e. The Morgan fingerprint density at radius 1 is 1.12 bits per heavy atom. The van der Waals surface area contributed by atoms with Gasteiger partial charge >= 0.3 is 0 Å². The molecule has 0 bridgehead atoms. The molecule has 2 fully saturated rings. The first-order valence-electron chi connectivity index (χ1n) is 5.67. The van der Waals surface area contributed by atoms with Gasteiger partial charge in [-0.25, -0.2) is 0 Å². The van der Waals surface area contributed by atoms with E-state index in [1.54, 1.807) is 7.11 Å². The highest BCUT2D eigenvalue weighted by Crippen LogP contribution is 2.83. The number of rotatable bonds is 4. The third kappa shape index (κ3) is 1.00. The van der Waals surface area contributed by atoms with Gasteiger partial charge in [0.2, 0.25) is 0 Å². The molecule has 0 aromatic heterocycles. The lowest BCUT2D eigenvalue weighted by atomic mass is 9.91. The number of aliphatic hydroxyl groups is 2. The number of fused-ring (bicyclic) bond motifs is 1. The van der Waals surface area contributed by atoms with Crippen molar-refractivity contribution >= 4 is 0 Å². The van der Waals surface area contributed by atoms with Crippen LogP contribution in [0.3, 0.4) is 0 Å². The second-order valence-corrected chi connectivity index (χ2v) is 4.77. The highest BCUT2D eigenvalue weighted by molar-refractivity contribution is 5.51. The molecule has 0 saturated heterocycles. The van der Waals surface area contributed by atoms with E-state index in [0.29, 0.717) is 17.8 Å². The minimum atomic E-state index is 0.0791. The summed E-state index contributed by atoms with van der Waals surface area (Å²) in [5.41, 5.74) is 1.31. The van der Waals surface area contributed by atoms with Crippen molar-refractivity contribution in [1.29, 1.82) is 0 Å². The minimum absolute atomic E-state index is 0.0791.